The van der Waals surface area contributed by atoms with E-state index in [0.717, 1.165) is 34.9 Å². The van der Waals surface area contributed by atoms with Crippen LogP contribution in [-0.2, 0) is 0 Å². The van der Waals surface area contributed by atoms with Crippen molar-refractivity contribution in [3.63, 3.8) is 0 Å². The molecule has 2 atom stereocenters. The second-order valence-electron chi connectivity index (χ2n) is 10.7. The van der Waals surface area contributed by atoms with E-state index in [2.05, 4.69) is 78.1 Å². The van der Waals surface area contributed by atoms with Gasteiger partial charge in [0.1, 0.15) is 5.84 Å². The minimum absolute atomic E-state index is 0.0704. The third-order valence-electron chi connectivity index (χ3n) is 5.37. The second-order valence-corrected chi connectivity index (χ2v) is 10.7. The lowest BCUT2D eigenvalue weighted by Crippen LogP contribution is -2.37. The van der Waals surface area contributed by atoms with Crippen LogP contribution in [0.5, 0.6) is 0 Å². The molecule has 0 saturated heterocycles. The van der Waals surface area contributed by atoms with E-state index in [1.54, 1.807) is 0 Å². The third kappa shape index (κ3) is 6.38. The molecule has 1 heterocycles. The van der Waals surface area contributed by atoms with E-state index in [0.29, 0.717) is 18.1 Å². The predicted octanol–water partition coefficient (Wildman–Crippen LogP) is 7.04. The zero-order chi connectivity index (χ0) is 22.7. The number of benzene rings is 1. The van der Waals surface area contributed by atoms with Crippen LogP contribution >= 0.6 is 0 Å². The highest BCUT2D eigenvalue weighted by Gasteiger charge is 2.34. The summed E-state index contributed by atoms with van der Waals surface area (Å²) in [7, 11) is 0. The molecule has 1 aromatic rings. The quantitative estimate of drug-likeness (QED) is 0.504. The molecule has 2 N–H and O–H groups in total. The smallest absolute Gasteiger partial charge is 0.106 e. The molecule has 1 aromatic carbocycles. The summed E-state index contributed by atoms with van der Waals surface area (Å²) in [5.74, 6) is 1.40. The summed E-state index contributed by atoms with van der Waals surface area (Å²) < 4.78 is 0. The van der Waals surface area contributed by atoms with Crippen LogP contribution < -0.4 is 5.32 Å². The summed E-state index contributed by atoms with van der Waals surface area (Å²) in [6, 6.07) is 8.58. The molecule has 0 aliphatic carbocycles. The zero-order valence-electron chi connectivity index (χ0n) is 20.4. The number of nitrogens with zero attached hydrogens (tertiary/aromatic N) is 2. The summed E-state index contributed by atoms with van der Waals surface area (Å²) in [6.07, 6.45) is 4.02. The standard InChI is InChI=1S/C26H40N4/c1-10-19-16-22(29-24(26(7,8)9)30-23(19)25(4,5)6)20-12-11-13-21(15-20)28-18(3)14-17(2)27/h11-13,15-16,19,23,27H,10,14H2,1-9H3,(H,29,30). The average Bonchev–Trinajstić information content (AvgIpc) is 2.80. The Morgan fingerprint density at radius 1 is 1.13 bits per heavy atom. The van der Waals surface area contributed by atoms with Crippen LogP contribution in [0.2, 0.25) is 0 Å². The Hall–Kier alpha value is -2.23. The van der Waals surface area contributed by atoms with Crippen molar-refractivity contribution < 1.29 is 0 Å². The molecule has 0 saturated carbocycles. The maximum atomic E-state index is 7.70. The van der Waals surface area contributed by atoms with E-state index in [-0.39, 0.29) is 16.9 Å². The lowest BCUT2D eigenvalue weighted by molar-refractivity contribution is 0.263. The number of hydrogen-bond acceptors (Lipinski definition) is 4. The van der Waals surface area contributed by atoms with Gasteiger partial charge in [-0.3, -0.25) is 9.98 Å². The Balaban J connectivity index is 2.52. The Morgan fingerprint density at radius 3 is 2.33 bits per heavy atom. The number of nitrogens with one attached hydrogen (secondary N) is 2. The zero-order valence-corrected chi connectivity index (χ0v) is 20.4. The van der Waals surface area contributed by atoms with Gasteiger partial charge in [0.2, 0.25) is 0 Å². The summed E-state index contributed by atoms with van der Waals surface area (Å²) >= 11 is 0. The lowest BCUT2D eigenvalue weighted by Gasteiger charge is -2.33. The molecule has 0 spiro atoms. The first-order chi connectivity index (χ1) is 13.8. The monoisotopic (exact) mass is 408 g/mol. The van der Waals surface area contributed by atoms with Gasteiger partial charge in [0.15, 0.2) is 0 Å². The molecule has 0 radical (unpaired) electrons. The van der Waals surface area contributed by atoms with Crippen LogP contribution in [0.1, 0.15) is 80.7 Å². The van der Waals surface area contributed by atoms with Crippen molar-refractivity contribution in [2.24, 2.45) is 26.7 Å². The Morgan fingerprint density at radius 2 is 1.80 bits per heavy atom. The summed E-state index contributed by atoms with van der Waals surface area (Å²) in [5, 5.41) is 11.4. The Bertz CT molecular complexity index is 860. The summed E-state index contributed by atoms with van der Waals surface area (Å²) in [4.78, 5) is 9.98. The fourth-order valence-corrected chi connectivity index (χ4v) is 3.85. The maximum absolute atomic E-state index is 7.70. The van der Waals surface area contributed by atoms with Crippen LogP contribution in [0.15, 0.2) is 40.3 Å². The van der Waals surface area contributed by atoms with Gasteiger partial charge in [0.25, 0.3) is 0 Å². The van der Waals surface area contributed by atoms with Gasteiger partial charge in [0.05, 0.1) is 11.7 Å². The van der Waals surface area contributed by atoms with Crippen molar-refractivity contribution in [3.8, 4) is 0 Å². The molecule has 2 rings (SSSR count). The van der Waals surface area contributed by atoms with Crippen LogP contribution in [0.4, 0.5) is 5.69 Å². The first-order valence-corrected chi connectivity index (χ1v) is 11.1. The normalized spacial score (nSPS) is 20.8. The van der Waals surface area contributed by atoms with E-state index in [9.17, 15) is 0 Å². The van der Waals surface area contributed by atoms with Gasteiger partial charge in [-0.2, -0.15) is 0 Å². The number of amidine groups is 1. The van der Waals surface area contributed by atoms with E-state index in [4.69, 9.17) is 15.4 Å². The van der Waals surface area contributed by atoms with Crippen molar-refractivity contribution in [1.29, 1.82) is 5.41 Å². The average molecular weight is 409 g/mol. The maximum Gasteiger partial charge on any atom is 0.106 e. The number of hydrogen-bond donors (Lipinski definition) is 2. The fourth-order valence-electron chi connectivity index (χ4n) is 3.85. The molecule has 1 aliphatic rings. The molecule has 4 nitrogen and oxygen atoms in total. The van der Waals surface area contributed by atoms with Crippen molar-refractivity contribution in [3.05, 3.63) is 35.9 Å². The topological polar surface area (TPSA) is 60.6 Å². The fraction of sp³-hybridized carbons (Fsp3) is 0.577. The van der Waals surface area contributed by atoms with Crippen molar-refractivity contribution in [1.82, 2.24) is 5.32 Å². The van der Waals surface area contributed by atoms with Crippen LogP contribution in [0.3, 0.4) is 0 Å². The predicted molar refractivity (Wildman–Crippen MR) is 132 cm³/mol. The van der Waals surface area contributed by atoms with Gasteiger partial charge in [-0.1, -0.05) is 66.7 Å². The Kier molecular flexibility index (Phi) is 7.44. The highest BCUT2D eigenvalue weighted by Crippen LogP contribution is 2.36. The molecule has 30 heavy (non-hydrogen) atoms. The van der Waals surface area contributed by atoms with Crippen molar-refractivity contribution >= 4 is 28.6 Å². The summed E-state index contributed by atoms with van der Waals surface area (Å²) in [5.41, 5.74) is 4.76. The van der Waals surface area contributed by atoms with Crippen LogP contribution in [0, 0.1) is 22.2 Å². The molecule has 0 fully saturated rings. The minimum Gasteiger partial charge on any atom is -0.343 e. The molecule has 2 unspecified atom stereocenters. The molecular weight excluding hydrogens is 368 g/mol. The Labute approximate surface area is 183 Å². The minimum atomic E-state index is -0.0704. The van der Waals surface area contributed by atoms with Gasteiger partial charge in [-0.25, -0.2) is 0 Å². The highest BCUT2D eigenvalue weighted by molar-refractivity contribution is 6.02. The molecular formula is C26H40N4. The van der Waals surface area contributed by atoms with Gasteiger partial charge in [-0.15, -0.1) is 0 Å². The molecule has 0 bridgehead atoms. The second kappa shape index (κ2) is 9.28. The molecule has 1 aliphatic heterocycles. The number of rotatable bonds is 5. The van der Waals surface area contributed by atoms with E-state index < -0.39 is 0 Å². The van der Waals surface area contributed by atoms with Gasteiger partial charge in [0, 0.05) is 34.9 Å². The third-order valence-corrected chi connectivity index (χ3v) is 5.37. The first-order valence-electron chi connectivity index (χ1n) is 11.1. The van der Waals surface area contributed by atoms with Gasteiger partial charge >= 0.3 is 0 Å². The molecule has 0 amide bonds. The van der Waals surface area contributed by atoms with E-state index >= 15 is 0 Å². The van der Waals surface area contributed by atoms with Crippen molar-refractivity contribution in [2.45, 2.75) is 81.2 Å². The highest BCUT2D eigenvalue weighted by atomic mass is 15.1. The summed E-state index contributed by atoms with van der Waals surface area (Å²) in [6.45, 7) is 19.5. The largest absolute Gasteiger partial charge is 0.343 e. The molecule has 164 valence electrons. The van der Waals surface area contributed by atoms with Crippen LogP contribution in [-0.4, -0.2) is 23.3 Å². The van der Waals surface area contributed by atoms with E-state index in [1.807, 2.05) is 19.9 Å². The van der Waals surface area contributed by atoms with Crippen LogP contribution in [0.25, 0.3) is 5.70 Å². The first kappa shape index (κ1) is 24.0. The molecule has 4 heteroatoms. The van der Waals surface area contributed by atoms with E-state index in [1.165, 1.54) is 0 Å². The lowest BCUT2D eigenvalue weighted by atomic mass is 9.77. The number of aliphatic imine (C=N–C) groups is 2. The van der Waals surface area contributed by atoms with Gasteiger partial charge in [-0.05, 0) is 43.4 Å². The van der Waals surface area contributed by atoms with Crippen molar-refractivity contribution in [2.75, 3.05) is 0 Å². The SMILES string of the molecule is CCC1C=C(c2cccc(N=C(C)CC(C)=N)c2)NC(C(C)(C)C)=NC1C(C)(C)C. The molecule has 0 aromatic heterocycles. The van der Waals surface area contributed by atoms with Gasteiger partial charge < -0.3 is 10.7 Å².